The van der Waals surface area contributed by atoms with Gasteiger partial charge in [-0.1, -0.05) is 25.7 Å². The fourth-order valence-electron chi connectivity index (χ4n) is 1.92. The molecule has 0 aromatic heterocycles. The van der Waals surface area contributed by atoms with E-state index in [2.05, 4.69) is 0 Å². The average Bonchev–Trinajstić information content (AvgIpc) is 2.45. The minimum Gasteiger partial charge on any atom is -0.314 e. The molecule has 0 heterocycles. The molecule has 0 aliphatic carbocycles. The molecule has 0 saturated carbocycles. The van der Waals surface area contributed by atoms with E-state index < -0.39 is 0 Å². The summed E-state index contributed by atoms with van der Waals surface area (Å²) in [7, 11) is 0. The van der Waals surface area contributed by atoms with Crippen LogP contribution >= 0.6 is 0 Å². The SMILES string of the molecule is O=CCCN(O)CCCCCCCCN(O)CCC=O. The van der Waals surface area contributed by atoms with E-state index >= 15 is 0 Å². The number of unbranched alkanes of at least 4 members (excludes halogenated alkanes) is 5. The molecule has 0 spiro atoms. The molecule has 0 unspecified atom stereocenters. The second-order valence-corrected chi connectivity index (χ2v) is 4.94. The Balaban J connectivity index is 3.20. The van der Waals surface area contributed by atoms with Crippen molar-refractivity contribution in [1.82, 2.24) is 10.1 Å². The van der Waals surface area contributed by atoms with Gasteiger partial charge in [-0.2, -0.15) is 10.1 Å². The largest absolute Gasteiger partial charge is 0.314 e. The zero-order valence-electron chi connectivity index (χ0n) is 12.2. The molecule has 20 heavy (non-hydrogen) atoms. The van der Waals surface area contributed by atoms with Crippen molar-refractivity contribution in [2.45, 2.75) is 51.4 Å². The van der Waals surface area contributed by atoms with Crippen molar-refractivity contribution in [2.24, 2.45) is 0 Å². The number of aldehydes is 2. The number of hydrogen-bond acceptors (Lipinski definition) is 6. The van der Waals surface area contributed by atoms with Crippen LogP contribution in [-0.2, 0) is 9.59 Å². The standard InChI is InChI=1S/C14H28N2O4/c17-13-7-11-15(19)9-5-3-1-2-4-6-10-16(20)12-8-14-18/h13-14,19-20H,1-12H2. The highest BCUT2D eigenvalue weighted by atomic mass is 16.5. The van der Waals surface area contributed by atoms with Crippen LogP contribution < -0.4 is 0 Å². The van der Waals surface area contributed by atoms with Crippen LogP contribution in [0.2, 0.25) is 0 Å². The molecule has 118 valence electrons. The van der Waals surface area contributed by atoms with Crippen molar-refractivity contribution in [3.63, 3.8) is 0 Å². The van der Waals surface area contributed by atoms with Gasteiger partial charge in [0.25, 0.3) is 0 Å². The van der Waals surface area contributed by atoms with E-state index in [1.54, 1.807) is 0 Å². The molecular formula is C14H28N2O4. The normalized spacial score (nSPS) is 11.2. The van der Waals surface area contributed by atoms with Gasteiger partial charge < -0.3 is 20.0 Å². The van der Waals surface area contributed by atoms with Gasteiger partial charge >= 0.3 is 0 Å². The molecule has 6 nitrogen and oxygen atoms in total. The maximum atomic E-state index is 10.1. The highest BCUT2D eigenvalue weighted by Gasteiger charge is 2.01. The summed E-state index contributed by atoms with van der Waals surface area (Å²) in [5.41, 5.74) is 0. The first-order valence-electron chi connectivity index (χ1n) is 7.45. The Morgan fingerprint density at radius 1 is 0.600 bits per heavy atom. The van der Waals surface area contributed by atoms with E-state index in [4.69, 9.17) is 0 Å². The number of carbonyl (C=O) groups is 2. The fraction of sp³-hybridized carbons (Fsp3) is 0.857. The fourth-order valence-corrected chi connectivity index (χ4v) is 1.92. The summed E-state index contributed by atoms with van der Waals surface area (Å²) in [5.74, 6) is 0. The zero-order chi connectivity index (χ0) is 15.1. The van der Waals surface area contributed by atoms with Crippen LogP contribution in [-0.4, -0.2) is 59.3 Å². The van der Waals surface area contributed by atoms with E-state index in [1.807, 2.05) is 0 Å². The van der Waals surface area contributed by atoms with Crippen molar-refractivity contribution >= 4 is 12.6 Å². The van der Waals surface area contributed by atoms with Crippen molar-refractivity contribution in [3.05, 3.63) is 0 Å². The molecule has 0 aliphatic heterocycles. The van der Waals surface area contributed by atoms with Gasteiger partial charge in [0, 0.05) is 39.0 Å². The van der Waals surface area contributed by atoms with Crippen LogP contribution in [0.25, 0.3) is 0 Å². The number of nitrogens with zero attached hydrogens (tertiary/aromatic N) is 2. The Bertz CT molecular complexity index is 215. The molecule has 0 aromatic carbocycles. The van der Waals surface area contributed by atoms with Crippen molar-refractivity contribution in [1.29, 1.82) is 0 Å². The first-order valence-corrected chi connectivity index (χ1v) is 7.45. The summed E-state index contributed by atoms with van der Waals surface area (Å²) in [6.07, 6.45) is 8.57. The quantitative estimate of drug-likeness (QED) is 0.272. The molecule has 0 saturated heterocycles. The van der Waals surface area contributed by atoms with E-state index in [0.29, 0.717) is 39.0 Å². The Kier molecular flexibility index (Phi) is 14.0. The van der Waals surface area contributed by atoms with E-state index in [0.717, 1.165) is 51.1 Å². The summed E-state index contributed by atoms with van der Waals surface area (Å²) >= 11 is 0. The van der Waals surface area contributed by atoms with E-state index in [1.165, 1.54) is 10.1 Å². The van der Waals surface area contributed by atoms with Crippen LogP contribution in [0.4, 0.5) is 0 Å². The van der Waals surface area contributed by atoms with Gasteiger partial charge in [-0.05, 0) is 12.8 Å². The Morgan fingerprint density at radius 3 is 1.30 bits per heavy atom. The molecule has 2 N–H and O–H groups in total. The van der Waals surface area contributed by atoms with Crippen molar-refractivity contribution in [3.8, 4) is 0 Å². The van der Waals surface area contributed by atoms with Gasteiger partial charge in [0.1, 0.15) is 12.6 Å². The van der Waals surface area contributed by atoms with Gasteiger partial charge in [-0.15, -0.1) is 0 Å². The monoisotopic (exact) mass is 288 g/mol. The second-order valence-electron chi connectivity index (χ2n) is 4.94. The van der Waals surface area contributed by atoms with E-state index in [-0.39, 0.29) is 0 Å². The van der Waals surface area contributed by atoms with Crippen LogP contribution in [0.15, 0.2) is 0 Å². The lowest BCUT2D eigenvalue weighted by Gasteiger charge is -2.13. The lowest BCUT2D eigenvalue weighted by Crippen LogP contribution is -2.22. The summed E-state index contributed by atoms with van der Waals surface area (Å²) in [6, 6.07) is 0. The lowest BCUT2D eigenvalue weighted by molar-refractivity contribution is -0.115. The van der Waals surface area contributed by atoms with Gasteiger partial charge in [0.15, 0.2) is 0 Å². The summed E-state index contributed by atoms with van der Waals surface area (Å²) in [6.45, 7) is 2.06. The Morgan fingerprint density at radius 2 is 0.950 bits per heavy atom. The molecule has 0 radical (unpaired) electrons. The highest BCUT2D eigenvalue weighted by Crippen LogP contribution is 2.06. The lowest BCUT2D eigenvalue weighted by atomic mass is 10.1. The maximum absolute atomic E-state index is 10.1. The van der Waals surface area contributed by atoms with Crippen LogP contribution in [0, 0.1) is 0 Å². The molecule has 0 rings (SSSR count). The van der Waals surface area contributed by atoms with Gasteiger partial charge in [-0.3, -0.25) is 0 Å². The number of carbonyl (C=O) groups excluding carboxylic acids is 2. The molecule has 6 heteroatoms. The summed E-state index contributed by atoms with van der Waals surface area (Å²) in [5, 5.41) is 21.1. The van der Waals surface area contributed by atoms with Crippen LogP contribution in [0.1, 0.15) is 51.4 Å². The first-order chi connectivity index (χ1) is 9.70. The molecule has 0 aliphatic rings. The third-order valence-corrected chi connectivity index (χ3v) is 3.09. The number of hydroxylamine groups is 4. The molecule has 0 fully saturated rings. The van der Waals surface area contributed by atoms with Gasteiger partial charge in [-0.25, -0.2) is 0 Å². The topological polar surface area (TPSA) is 81.1 Å². The number of rotatable bonds is 15. The molecular weight excluding hydrogens is 260 g/mol. The molecule has 0 aromatic rings. The van der Waals surface area contributed by atoms with Crippen molar-refractivity contribution in [2.75, 3.05) is 26.2 Å². The molecule has 0 atom stereocenters. The predicted molar refractivity (Wildman–Crippen MR) is 75.8 cm³/mol. The summed E-state index contributed by atoms with van der Waals surface area (Å²) < 4.78 is 0. The highest BCUT2D eigenvalue weighted by molar-refractivity contribution is 5.49. The maximum Gasteiger partial charge on any atom is 0.121 e. The van der Waals surface area contributed by atoms with Crippen LogP contribution in [0.5, 0.6) is 0 Å². The van der Waals surface area contributed by atoms with Crippen LogP contribution in [0.3, 0.4) is 0 Å². The summed E-state index contributed by atoms with van der Waals surface area (Å²) in [4.78, 5) is 20.2. The third kappa shape index (κ3) is 13.6. The Hall–Kier alpha value is -0.820. The molecule has 0 amide bonds. The first kappa shape index (κ1) is 19.2. The smallest absolute Gasteiger partial charge is 0.121 e. The van der Waals surface area contributed by atoms with Gasteiger partial charge in [0.2, 0.25) is 0 Å². The van der Waals surface area contributed by atoms with E-state index in [9.17, 15) is 20.0 Å². The number of hydrogen-bond donors (Lipinski definition) is 2. The third-order valence-electron chi connectivity index (χ3n) is 3.09. The zero-order valence-corrected chi connectivity index (χ0v) is 12.2. The minimum absolute atomic E-state index is 0.373. The van der Waals surface area contributed by atoms with Gasteiger partial charge in [0.05, 0.1) is 0 Å². The Labute approximate surface area is 121 Å². The minimum atomic E-state index is 0.373. The predicted octanol–water partition coefficient (Wildman–Crippen LogP) is 1.89. The average molecular weight is 288 g/mol. The molecule has 0 bridgehead atoms. The second kappa shape index (κ2) is 14.6. The van der Waals surface area contributed by atoms with Crippen molar-refractivity contribution < 1.29 is 20.0 Å².